The van der Waals surface area contributed by atoms with Gasteiger partial charge in [-0.2, -0.15) is 0 Å². The maximum atomic E-state index is 12.2. The van der Waals surface area contributed by atoms with Crippen LogP contribution in [0.1, 0.15) is 22.0 Å². The summed E-state index contributed by atoms with van der Waals surface area (Å²) in [6.07, 6.45) is -0.904. The topological polar surface area (TPSA) is 79.5 Å². The normalized spacial score (nSPS) is 12.1. The van der Waals surface area contributed by atoms with Crippen molar-refractivity contribution in [3.63, 3.8) is 0 Å². The molecule has 0 bridgehead atoms. The van der Waals surface area contributed by atoms with Gasteiger partial charge in [0, 0.05) is 17.0 Å². The predicted octanol–water partition coefficient (Wildman–Crippen LogP) is 2.91. The van der Waals surface area contributed by atoms with Crippen LogP contribution >= 0.6 is 11.6 Å². The average molecular weight is 344 g/mol. The molecule has 1 heterocycles. The highest BCUT2D eigenvalue weighted by Crippen LogP contribution is 2.16. The first kappa shape index (κ1) is 16.2. The Kier molecular flexibility index (Phi) is 4.64. The van der Waals surface area contributed by atoms with Gasteiger partial charge in [-0.15, -0.1) is 0 Å². The zero-order chi connectivity index (χ0) is 17.1. The molecule has 0 fully saturated rings. The summed E-state index contributed by atoms with van der Waals surface area (Å²) in [7, 11) is 0. The smallest absolute Gasteiger partial charge is 0.349 e. The number of fused-ring (bicyclic) bond motifs is 1. The number of benzene rings is 2. The van der Waals surface area contributed by atoms with Gasteiger partial charge in [-0.3, -0.25) is 4.79 Å². The van der Waals surface area contributed by atoms with Crippen molar-refractivity contribution in [1.82, 2.24) is 5.32 Å². The quantitative estimate of drug-likeness (QED) is 0.714. The molecule has 3 rings (SSSR count). The van der Waals surface area contributed by atoms with Crippen LogP contribution in [0.5, 0.6) is 0 Å². The van der Waals surface area contributed by atoms with Crippen molar-refractivity contribution < 1.29 is 14.3 Å². The fourth-order valence-corrected chi connectivity index (χ4v) is 2.43. The summed E-state index contributed by atoms with van der Waals surface area (Å²) in [4.78, 5) is 24.1. The molecule has 6 heteroatoms. The lowest BCUT2D eigenvalue weighted by Crippen LogP contribution is -2.31. The van der Waals surface area contributed by atoms with Crippen molar-refractivity contribution in [2.24, 2.45) is 0 Å². The second-order valence-corrected chi connectivity index (χ2v) is 5.70. The number of aliphatic hydroxyl groups is 1. The number of nitrogens with one attached hydrogen (secondary N) is 1. The molecular formula is C18H14ClNO4. The third kappa shape index (κ3) is 3.48. The number of amides is 1. The average Bonchev–Trinajstić information content (AvgIpc) is 2.59. The van der Waals surface area contributed by atoms with Gasteiger partial charge < -0.3 is 14.8 Å². The van der Waals surface area contributed by atoms with Gasteiger partial charge in [-0.1, -0.05) is 41.9 Å². The number of carbonyl (C=O) groups is 1. The molecule has 122 valence electrons. The molecule has 0 radical (unpaired) electrons. The molecule has 0 saturated heterocycles. The molecule has 5 nitrogen and oxygen atoms in total. The molecule has 0 aliphatic rings. The highest BCUT2D eigenvalue weighted by Gasteiger charge is 2.15. The molecular weight excluding hydrogens is 330 g/mol. The maximum absolute atomic E-state index is 12.2. The molecule has 3 aromatic rings. The maximum Gasteiger partial charge on any atom is 0.349 e. The molecule has 2 aromatic carbocycles. The Morgan fingerprint density at radius 1 is 1.17 bits per heavy atom. The number of hydrogen-bond donors (Lipinski definition) is 2. The SMILES string of the molecule is O=C(NCC(O)c1ccc(Cl)cc1)c1cc2ccccc2oc1=O. The first-order valence-electron chi connectivity index (χ1n) is 7.29. The van der Waals surface area contributed by atoms with Gasteiger partial charge in [0.2, 0.25) is 0 Å². The van der Waals surface area contributed by atoms with Gasteiger partial charge in [-0.05, 0) is 29.8 Å². The van der Waals surface area contributed by atoms with Crippen molar-refractivity contribution >= 4 is 28.5 Å². The Bertz CT molecular complexity index is 934. The lowest BCUT2D eigenvalue weighted by atomic mass is 10.1. The van der Waals surface area contributed by atoms with Crippen LogP contribution < -0.4 is 10.9 Å². The van der Waals surface area contributed by atoms with Crippen LogP contribution in [-0.2, 0) is 0 Å². The van der Waals surface area contributed by atoms with Crippen molar-refractivity contribution in [2.75, 3.05) is 6.54 Å². The zero-order valence-electron chi connectivity index (χ0n) is 12.5. The molecule has 0 saturated carbocycles. The molecule has 0 aliphatic heterocycles. The van der Waals surface area contributed by atoms with E-state index in [4.69, 9.17) is 16.0 Å². The summed E-state index contributed by atoms with van der Waals surface area (Å²) >= 11 is 5.79. The first-order valence-corrected chi connectivity index (χ1v) is 7.67. The van der Waals surface area contributed by atoms with Crippen molar-refractivity contribution in [1.29, 1.82) is 0 Å². The number of rotatable bonds is 4. The summed E-state index contributed by atoms with van der Waals surface area (Å²) < 4.78 is 5.12. The second kappa shape index (κ2) is 6.86. The minimum Gasteiger partial charge on any atom is -0.422 e. The zero-order valence-corrected chi connectivity index (χ0v) is 13.3. The van der Waals surface area contributed by atoms with E-state index in [0.29, 0.717) is 21.6 Å². The van der Waals surface area contributed by atoms with Crippen molar-refractivity contribution in [2.45, 2.75) is 6.10 Å². The molecule has 24 heavy (non-hydrogen) atoms. The van der Waals surface area contributed by atoms with Crippen molar-refractivity contribution in [3.05, 3.63) is 81.2 Å². The van der Waals surface area contributed by atoms with E-state index in [1.807, 2.05) is 0 Å². The van der Waals surface area contributed by atoms with Crippen LogP contribution in [0.3, 0.4) is 0 Å². The molecule has 1 atom stereocenters. The summed E-state index contributed by atoms with van der Waals surface area (Å²) in [6.45, 7) is -0.0350. The number of halogens is 1. The fraction of sp³-hybridized carbons (Fsp3) is 0.111. The van der Waals surface area contributed by atoms with E-state index in [2.05, 4.69) is 5.32 Å². The van der Waals surface area contributed by atoms with Crippen LogP contribution in [-0.4, -0.2) is 17.6 Å². The highest BCUT2D eigenvalue weighted by molar-refractivity contribution is 6.30. The Morgan fingerprint density at radius 2 is 1.88 bits per heavy atom. The van der Waals surface area contributed by atoms with Crippen LogP contribution in [0.2, 0.25) is 5.02 Å². The van der Waals surface area contributed by atoms with E-state index < -0.39 is 17.6 Å². The van der Waals surface area contributed by atoms with E-state index in [1.54, 1.807) is 48.5 Å². The van der Waals surface area contributed by atoms with E-state index in [1.165, 1.54) is 6.07 Å². The largest absolute Gasteiger partial charge is 0.422 e. The van der Waals surface area contributed by atoms with Gasteiger partial charge in [-0.25, -0.2) is 4.79 Å². The van der Waals surface area contributed by atoms with Crippen LogP contribution in [0.4, 0.5) is 0 Å². The molecule has 2 N–H and O–H groups in total. The molecule has 0 spiro atoms. The van der Waals surface area contributed by atoms with Crippen molar-refractivity contribution in [3.8, 4) is 0 Å². The summed E-state index contributed by atoms with van der Waals surface area (Å²) in [5.74, 6) is -0.595. The monoisotopic (exact) mass is 343 g/mol. The Balaban J connectivity index is 1.74. The molecule has 0 aliphatic carbocycles. The predicted molar refractivity (Wildman–Crippen MR) is 91.2 cm³/mol. The minimum atomic E-state index is -0.904. The number of para-hydroxylation sites is 1. The van der Waals surface area contributed by atoms with E-state index in [-0.39, 0.29) is 12.1 Å². The van der Waals surface area contributed by atoms with Crippen LogP contribution in [0.25, 0.3) is 11.0 Å². The first-order chi connectivity index (χ1) is 11.5. The van der Waals surface area contributed by atoms with E-state index >= 15 is 0 Å². The summed E-state index contributed by atoms with van der Waals surface area (Å²) in [6, 6.07) is 15.1. The Labute approximate surface area is 142 Å². The van der Waals surface area contributed by atoms with Crippen LogP contribution in [0.15, 0.2) is 63.8 Å². The molecule has 1 aromatic heterocycles. The van der Waals surface area contributed by atoms with E-state index in [0.717, 1.165) is 0 Å². The Morgan fingerprint density at radius 3 is 2.62 bits per heavy atom. The van der Waals surface area contributed by atoms with Gasteiger partial charge >= 0.3 is 5.63 Å². The lowest BCUT2D eigenvalue weighted by Gasteiger charge is -2.12. The fourth-order valence-electron chi connectivity index (χ4n) is 2.31. The van der Waals surface area contributed by atoms with Gasteiger partial charge in [0.1, 0.15) is 11.1 Å². The number of aliphatic hydroxyl groups excluding tert-OH is 1. The highest BCUT2D eigenvalue weighted by atomic mass is 35.5. The number of carbonyl (C=O) groups excluding carboxylic acids is 1. The summed E-state index contributed by atoms with van der Waals surface area (Å²) in [5, 5.41) is 13.8. The minimum absolute atomic E-state index is 0.0350. The molecule has 1 unspecified atom stereocenters. The van der Waals surface area contributed by atoms with Gasteiger partial charge in [0.05, 0.1) is 6.10 Å². The van der Waals surface area contributed by atoms with Crippen LogP contribution in [0, 0.1) is 0 Å². The standard InChI is InChI=1S/C18H14ClNO4/c19-13-7-5-11(6-8-13)15(21)10-20-17(22)14-9-12-3-1-2-4-16(12)24-18(14)23/h1-9,15,21H,10H2,(H,20,22). The third-order valence-electron chi connectivity index (χ3n) is 3.60. The lowest BCUT2D eigenvalue weighted by molar-refractivity contribution is 0.0913. The summed E-state index contributed by atoms with van der Waals surface area (Å²) in [5.41, 5.74) is 0.217. The molecule has 1 amide bonds. The van der Waals surface area contributed by atoms with Gasteiger partial charge in [0.15, 0.2) is 0 Å². The van der Waals surface area contributed by atoms with Gasteiger partial charge in [0.25, 0.3) is 5.91 Å². The second-order valence-electron chi connectivity index (χ2n) is 5.26. The van der Waals surface area contributed by atoms with E-state index in [9.17, 15) is 14.7 Å². The number of hydrogen-bond acceptors (Lipinski definition) is 4. The Hall–Kier alpha value is -2.63. The third-order valence-corrected chi connectivity index (χ3v) is 3.85.